The lowest BCUT2D eigenvalue weighted by atomic mass is 10.1. The molecule has 1 rings (SSSR count). The summed E-state index contributed by atoms with van der Waals surface area (Å²) in [5.41, 5.74) is -0.0739. The molecule has 1 aromatic rings. The molecule has 0 saturated carbocycles. The van der Waals surface area contributed by atoms with E-state index < -0.39 is 27.2 Å². The molecular formula is C12H13FO4S. The number of hydrogen-bond donors (Lipinski definition) is 1. The van der Waals surface area contributed by atoms with Gasteiger partial charge in [0.05, 0.1) is 16.2 Å². The number of carboxylic acids is 1. The van der Waals surface area contributed by atoms with Crippen molar-refractivity contribution in [2.24, 2.45) is 0 Å². The second-order valence-corrected chi connectivity index (χ2v) is 6.06. The van der Waals surface area contributed by atoms with Crippen LogP contribution in [0.15, 0.2) is 29.2 Å². The summed E-state index contributed by atoms with van der Waals surface area (Å²) < 4.78 is 37.5. The van der Waals surface area contributed by atoms with Crippen molar-refractivity contribution < 1.29 is 22.7 Å². The van der Waals surface area contributed by atoms with E-state index in [0.717, 1.165) is 12.1 Å². The van der Waals surface area contributed by atoms with E-state index >= 15 is 0 Å². The van der Waals surface area contributed by atoms with Gasteiger partial charge in [0.2, 0.25) is 0 Å². The Bertz CT molecular complexity index is 617. The van der Waals surface area contributed by atoms with Gasteiger partial charge >= 0.3 is 5.97 Å². The maximum Gasteiger partial charge on any atom is 0.335 e. The van der Waals surface area contributed by atoms with Crippen LogP contribution < -0.4 is 0 Å². The van der Waals surface area contributed by atoms with Crippen LogP contribution in [0, 0.1) is 12.7 Å². The number of sulfone groups is 1. The van der Waals surface area contributed by atoms with Crippen LogP contribution >= 0.6 is 0 Å². The molecule has 6 heteroatoms. The fourth-order valence-electron chi connectivity index (χ4n) is 1.50. The summed E-state index contributed by atoms with van der Waals surface area (Å²) in [5, 5.41) is 8.79. The molecule has 0 aliphatic rings. The van der Waals surface area contributed by atoms with Crippen molar-refractivity contribution in [3.63, 3.8) is 0 Å². The largest absolute Gasteiger partial charge is 0.478 e. The number of carboxylic acid groups (broad SMARTS) is 1. The van der Waals surface area contributed by atoms with E-state index in [1.54, 1.807) is 0 Å². The molecule has 0 aliphatic heterocycles. The van der Waals surface area contributed by atoms with Gasteiger partial charge in [-0.05, 0) is 26.0 Å². The van der Waals surface area contributed by atoms with E-state index in [0.29, 0.717) is 5.57 Å². The van der Waals surface area contributed by atoms with Gasteiger partial charge in [-0.2, -0.15) is 0 Å². The highest BCUT2D eigenvalue weighted by molar-refractivity contribution is 7.91. The monoisotopic (exact) mass is 272 g/mol. The summed E-state index contributed by atoms with van der Waals surface area (Å²) in [6.07, 6.45) is 0. The van der Waals surface area contributed by atoms with Gasteiger partial charge in [-0.3, -0.25) is 0 Å². The molecule has 4 nitrogen and oxygen atoms in total. The van der Waals surface area contributed by atoms with Crippen molar-refractivity contribution in [1.82, 2.24) is 0 Å². The van der Waals surface area contributed by atoms with Crippen molar-refractivity contribution in [1.29, 1.82) is 0 Å². The molecule has 1 N–H and O–H groups in total. The average Bonchev–Trinajstić information content (AvgIpc) is 2.19. The van der Waals surface area contributed by atoms with E-state index in [1.165, 1.54) is 13.8 Å². The molecule has 0 atom stereocenters. The maximum absolute atomic E-state index is 13.5. The fourth-order valence-corrected chi connectivity index (χ4v) is 3.18. The van der Waals surface area contributed by atoms with Gasteiger partial charge in [-0.15, -0.1) is 0 Å². The van der Waals surface area contributed by atoms with Crippen molar-refractivity contribution in [3.05, 3.63) is 41.2 Å². The molecule has 0 amide bonds. The number of aromatic carboxylic acids is 1. The normalized spacial score (nSPS) is 11.3. The Morgan fingerprint density at radius 3 is 2.44 bits per heavy atom. The zero-order chi connectivity index (χ0) is 14.1. The maximum atomic E-state index is 13.5. The van der Waals surface area contributed by atoms with Crippen molar-refractivity contribution in [2.75, 3.05) is 5.75 Å². The molecule has 98 valence electrons. The molecule has 0 spiro atoms. The molecule has 0 unspecified atom stereocenters. The number of hydrogen-bond acceptors (Lipinski definition) is 3. The van der Waals surface area contributed by atoms with Crippen LogP contribution in [0.1, 0.15) is 22.8 Å². The second kappa shape index (κ2) is 4.89. The first-order chi connectivity index (χ1) is 8.15. The van der Waals surface area contributed by atoms with E-state index in [4.69, 9.17) is 5.11 Å². The smallest absolute Gasteiger partial charge is 0.335 e. The minimum Gasteiger partial charge on any atom is -0.478 e. The predicted octanol–water partition coefficient (Wildman–Crippen LogP) is 2.18. The van der Waals surface area contributed by atoms with Gasteiger partial charge in [0.15, 0.2) is 9.84 Å². The minimum absolute atomic E-state index is 0.0822. The number of rotatable bonds is 4. The highest BCUT2D eigenvalue weighted by atomic mass is 32.2. The topological polar surface area (TPSA) is 71.4 Å². The number of halogens is 1. The van der Waals surface area contributed by atoms with Gasteiger partial charge in [0.1, 0.15) is 5.82 Å². The zero-order valence-electron chi connectivity index (χ0n) is 10.0. The lowest BCUT2D eigenvalue weighted by Crippen LogP contribution is -2.12. The zero-order valence-corrected chi connectivity index (χ0v) is 10.8. The van der Waals surface area contributed by atoms with Crippen LogP contribution in [0.3, 0.4) is 0 Å². The summed E-state index contributed by atoms with van der Waals surface area (Å²) in [6.45, 7) is 6.32. The van der Waals surface area contributed by atoms with Crippen molar-refractivity contribution in [2.45, 2.75) is 18.7 Å². The van der Waals surface area contributed by atoms with Gasteiger partial charge in [-0.25, -0.2) is 17.6 Å². The van der Waals surface area contributed by atoms with E-state index in [9.17, 15) is 17.6 Å². The van der Waals surface area contributed by atoms with Crippen molar-refractivity contribution in [3.8, 4) is 0 Å². The van der Waals surface area contributed by atoms with E-state index in [1.807, 2.05) is 0 Å². The molecule has 0 heterocycles. The minimum atomic E-state index is -3.77. The highest BCUT2D eigenvalue weighted by Gasteiger charge is 2.22. The molecule has 0 fully saturated rings. The quantitative estimate of drug-likeness (QED) is 0.853. The van der Waals surface area contributed by atoms with Crippen LogP contribution in [-0.4, -0.2) is 25.2 Å². The first-order valence-corrected chi connectivity index (χ1v) is 6.71. The molecule has 18 heavy (non-hydrogen) atoms. The molecule has 0 bridgehead atoms. The third-order valence-corrected chi connectivity index (χ3v) is 4.28. The lowest BCUT2D eigenvalue weighted by molar-refractivity contribution is 0.0696. The summed E-state index contributed by atoms with van der Waals surface area (Å²) in [4.78, 5) is 10.5. The molecule has 0 aromatic heterocycles. The third-order valence-electron chi connectivity index (χ3n) is 2.32. The van der Waals surface area contributed by atoms with E-state index in [-0.39, 0.29) is 16.2 Å². The van der Waals surface area contributed by atoms with Crippen LogP contribution in [0.25, 0.3) is 0 Å². The van der Waals surface area contributed by atoms with Crippen LogP contribution in [0.5, 0.6) is 0 Å². The Hall–Kier alpha value is -1.69. The molecular weight excluding hydrogens is 259 g/mol. The third kappa shape index (κ3) is 2.95. The first kappa shape index (κ1) is 14.4. The van der Waals surface area contributed by atoms with Crippen molar-refractivity contribution >= 4 is 15.8 Å². The average molecular weight is 272 g/mol. The first-order valence-electron chi connectivity index (χ1n) is 5.05. The summed E-state index contributed by atoms with van der Waals surface area (Å²) in [6, 6.07) is 1.77. The molecule has 0 aliphatic carbocycles. The van der Waals surface area contributed by atoms with Crippen LogP contribution in [0.4, 0.5) is 4.39 Å². The number of carbonyl (C=O) groups is 1. The Balaban J connectivity index is 3.49. The van der Waals surface area contributed by atoms with E-state index in [2.05, 4.69) is 6.58 Å². The summed E-state index contributed by atoms with van der Waals surface area (Å²) >= 11 is 0. The fraction of sp³-hybridized carbons (Fsp3) is 0.250. The molecule has 1 aromatic carbocycles. The molecule has 0 saturated heterocycles. The number of benzene rings is 1. The Morgan fingerprint density at radius 2 is 2.00 bits per heavy atom. The van der Waals surface area contributed by atoms with Gasteiger partial charge in [0.25, 0.3) is 0 Å². The molecule has 0 radical (unpaired) electrons. The van der Waals surface area contributed by atoms with Gasteiger partial charge < -0.3 is 5.11 Å². The standard InChI is InChI=1S/C12H13FO4S/c1-7(2)6-18(16,17)11-5-9(12(14)15)4-10(13)8(11)3/h4-5H,1,6H2,2-3H3,(H,14,15). The SMILES string of the molecule is C=C(C)CS(=O)(=O)c1cc(C(=O)O)cc(F)c1C. The second-order valence-electron chi connectivity index (χ2n) is 4.10. The Morgan fingerprint density at radius 1 is 1.44 bits per heavy atom. The van der Waals surface area contributed by atoms with Crippen LogP contribution in [-0.2, 0) is 9.84 Å². The lowest BCUT2D eigenvalue weighted by Gasteiger charge is -2.09. The van der Waals surface area contributed by atoms with Gasteiger partial charge in [-0.1, -0.05) is 12.2 Å². The van der Waals surface area contributed by atoms with Crippen LogP contribution in [0.2, 0.25) is 0 Å². The van der Waals surface area contributed by atoms with Gasteiger partial charge in [0, 0.05) is 5.56 Å². The highest BCUT2D eigenvalue weighted by Crippen LogP contribution is 2.22. The predicted molar refractivity (Wildman–Crippen MR) is 65.0 cm³/mol. The summed E-state index contributed by atoms with van der Waals surface area (Å²) in [7, 11) is -3.77. The Labute approximate surface area is 105 Å². The Kier molecular flexibility index (Phi) is 3.91. The summed E-state index contributed by atoms with van der Waals surface area (Å²) in [5.74, 6) is -2.56.